The van der Waals surface area contributed by atoms with E-state index in [0.29, 0.717) is 17.0 Å². The van der Waals surface area contributed by atoms with Crippen LogP contribution in [0, 0.1) is 0 Å². The lowest BCUT2D eigenvalue weighted by Gasteiger charge is -2.38. The lowest BCUT2D eigenvalue weighted by atomic mass is 9.95. The summed E-state index contributed by atoms with van der Waals surface area (Å²) in [4.78, 5) is 0. The molecular weight excluding hydrogens is 376 g/mol. The molecule has 3 aromatic rings. The molecule has 2 aliphatic rings. The molecule has 3 aromatic carbocycles. The fourth-order valence-electron chi connectivity index (χ4n) is 3.80. The molecule has 0 radical (unpaired) electrons. The standard InChI is InChI=1S/C22H17ClN2O3/c23-14-7-10-20(27)17(11-14)18-12-19-16-3-1-2-4-21(16)28-22(25(19)24-18)13-5-8-15(26)9-6-13/h1-11,19,22,26-27H,12H2/t19-,22+/m0/s1. The van der Waals surface area contributed by atoms with Crippen molar-refractivity contribution in [2.75, 3.05) is 0 Å². The van der Waals surface area contributed by atoms with Gasteiger partial charge in [-0.05, 0) is 48.5 Å². The van der Waals surface area contributed by atoms with Crippen LogP contribution in [0.5, 0.6) is 17.2 Å². The van der Waals surface area contributed by atoms with Crippen LogP contribution in [0.4, 0.5) is 0 Å². The fraction of sp³-hybridized carbons (Fsp3) is 0.136. The number of halogens is 1. The Labute approximate surface area is 167 Å². The van der Waals surface area contributed by atoms with Gasteiger partial charge in [0.25, 0.3) is 0 Å². The summed E-state index contributed by atoms with van der Waals surface area (Å²) in [5, 5.41) is 27.2. The van der Waals surface area contributed by atoms with E-state index in [-0.39, 0.29) is 17.5 Å². The van der Waals surface area contributed by atoms with Gasteiger partial charge in [0.1, 0.15) is 17.2 Å². The molecule has 0 bridgehead atoms. The third-order valence-corrected chi connectivity index (χ3v) is 5.38. The number of benzene rings is 3. The Morgan fingerprint density at radius 3 is 2.61 bits per heavy atom. The van der Waals surface area contributed by atoms with E-state index in [2.05, 4.69) is 0 Å². The van der Waals surface area contributed by atoms with E-state index in [0.717, 1.165) is 22.6 Å². The second-order valence-electron chi connectivity index (χ2n) is 6.91. The van der Waals surface area contributed by atoms with Crippen LogP contribution in [0.25, 0.3) is 0 Å². The van der Waals surface area contributed by atoms with Crippen molar-refractivity contribution in [3.05, 3.63) is 88.4 Å². The van der Waals surface area contributed by atoms with E-state index < -0.39 is 6.23 Å². The first-order valence-corrected chi connectivity index (χ1v) is 9.37. The van der Waals surface area contributed by atoms with Crippen molar-refractivity contribution < 1.29 is 14.9 Å². The Hall–Kier alpha value is -3.18. The van der Waals surface area contributed by atoms with Gasteiger partial charge in [-0.15, -0.1) is 0 Å². The van der Waals surface area contributed by atoms with E-state index >= 15 is 0 Å². The second kappa shape index (κ2) is 6.46. The van der Waals surface area contributed by atoms with Crippen molar-refractivity contribution in [2.24, 2.45) is 5.10 Å². The molecule has 5 nitrogen and oxygen atoms in total. The molecule has 0 aliphatic carbocycles. The molecule has 2 heterocycles. The van der Waals surface area contributed by atoms with E-state index in [9.17, 15) is 10.2 Å². The molecule has 2 atom stereocenters. The highest BCUT2D eigenvalue weighted by molar-refractivity contribution is 6.31. The summed E-state index contributed by atoms with van der Waals surface area (Å²) in [5.74, 6) is 1.16. The topological polar surface area (TPSA) is 65.3 Å². The highest BCUT2D eigenvalue weighted by Crippen LogP contribution is 2.48. The molecule has 0 fully saturated rings. The smallest absolute Gasteiger partial charge is 0.213 e. The first-order chi connectivity index (χ1) is 13.6. The minimum atomic E-state index is -0.431. The molecule has 2 aliphatic heterocycles. The quantitative estimate of drug-likeness (QED) is 0.644. The molecule has 0 saturated heterocycles. The zero-order valence-corrected chi connectivity index (χ0v) is 15.5. The molecule has 28 heavy (non-hydrogen) atoms. The van der Waals surface area contributed by atoms with Crippen LogP contribution in [-0.4, -0.2) is 20.9 Å². The number of phenolic OH excluding ortho intramolecular Hbond substituents is 2. The average molecular weight is 393 g/mol. The largest absolute Gasteiger partial charge is 0.508 e. The summed E-state index contributed by atoms with van der Waals surface area (Å²) in [7, 11) is 0. The summed E-state index contributed by atoms with van der Waals surface area (Å²) in [6.07, 6.45) is 0.197. The lowest BCUT2D eigenvalue weighted by molar-refractivity contribution is -0.0190. The van der Waals surface area contributed by atoms with Crippen LogP contribution in [-0.2, 0) is 0 Å². The van der Waals surface area contributed by atoms with Crippen molar-refractivity contribution in [3.8, 4) is 17.2 Å². The number of hydrazone groups is 1. The number of fused-ring (bicyclic) bond motifs is 3. The first kappa shape index (κ1) is 17.0. The maximum Gasteiger partial charge on any atom is 0.213 e. The number of aromatic hydroxyl groups is 2. The molecule has 0 spiro atoms. The van der Waals surface area contributed by atoms with Gasteiger partial charge in [0, 0.05) is 28.1 Å². The van der Waals surface area contributed by atoms with Gasteiger partial charge in [0.15, 0.2) is 0 Å². The number of rotatable bonds is 2. The van der Waals surface area contributed by atoms with Crippen LogP contribution in [0.1, 0.15) is 35.4 Å². The molecule has 2 N–H and O–H groups in total. The lowest BCUT2D eigenvalue weighted by Crippen LogP contribution is -2.33. The molecular formula is C22H17ClN2O3. The zero-order valence-electron chi connectivity index (χ0n) is 14.8. The van der Waals surface area contributed by atoms with Crippen molar-refractivity contribution in [2.45, 2.75) is 18.7 Å². The summed E-state index contributed by atoms with van der Waals surface area (Å²) < 4.78 is 6.26. The predicted molar refractivity (Wildman–Crippen MR) is 107 cm³/mol. The number of para-hydroxylation sites is 1. The minimum absolute atomic E-state index is 0.0165. The molecule has 0 amide bonds. The second-order valence-corrected chi connectivity index (χ2v) is 7.34. The van der Waals surface area contributed by atoms with Crippen molar-refractivity contribution in [1.82, 2.24) is 5.01 Å². The average Bonchev–Trinajstić information content (AvgIpc) is 3.15. The maximum absolute atomic E-state index is 10.3. The van der Waals surface area contributed by atoms with Crippen LogP contribution in [0.3, 0.4) is 0 Å². The number of hydrogen-bond acceptors (Lipinski definition) is 5. The monoisotopic (exact) mass is 392 g/mol. The van der Waals surface area contributed by atoms with Crippen LogP contribution >= 0.6 is 11.6 Å². The minimum Gasteiger partial charge on any atom is -0.508 e. The summed E-state index contributed by atoms with van der Waals surface area (Å²) >= 11 is 6.14. The van der Waals surface area contributed by atoms with Crippen LogP contribution < -0.4 is 4.74 Å². The Kier molecular flexibility index (Phi) is 3.91. The fourth-order valence-corrected chi connectivity index (χ4v) is 3.97. The predicted octanol–water partition coefficient (Wildman–Crippen LogP) is 4.99. The molecule has 6 heteroatoms. The summed E-state index contributed by atoms with van der Waals surface area (Å²) in [6, 6.07) is 19.8. The van der Waals surface area contributed by atoms with Crippen LogP contribution in [0.2, 0.25) is 5.02 Å². The number of ether oxygens (including phenoxy) is 1. The van der Waals surface area contributed by atoms with E-state index in [1.807, 2.05) is 41.4 Å². The molecule has 140 valence electrons. The zero-order chi connectivity index (χ0) is 19.3. The Morgan fingerprint density at radius 1 is 1.00 bits per heavy atom. The molecule has 0 saturated carbocycles. The van der Waals surface area contributed by atoms with Gasteiger partial charge < -0.3 is 14.9 Å². The van der Waals surface area contributed by atoms with E-state index in [1.165, 1.54) is 0 Å². The van der Waals surface area contributed by atoms with Gasteiger partial charge in [-0.25, -0.2) is 5.01 Å². The third-order valence-electron chi connectivity index (χ3n) is 5.15. The molecule has 5 rings (SSSR count). The molecule has 0 unspecified atom stereocenters. The van der Waals surface area contributed by atoms with Crippen LogP contribution in [0.15, 0.2) is 71.8 Å². The number of phenols is 2. The van der Waals surface area contributed by atoms with Gasteiger partial charge in [0.05, 0.1) is 11.8 Å². The normalized spacial score (nSPS) is 20.2. The third kappa shape index (κ3) is 2.75. The first-order valence-electron chi connectivity index (χ1n) is 8.99. The summed E-state index contributed by atoms with van der Waals surface area (Å²) in [5.41, 5.74) is 3.33. The van der Waals surface area contributed by atoms with E-state index in [4.69, 9.17) is 21.4 Å². The van der Waals surface area contributed by atoms with Gasteiger partial charge >= 0.3 is 0 Å². The highest BCUT2D eigenvalue weighted by Gasteiger charge is 2.41. The molecule has 0 aromatic heterocycles. The van der Waals surface area contributed by atoms with Crippen molar-refractivity contribution >= 4 is 17.3 Å². The SMILES string of the molecule is Oc1ccc([C@H]2Oc3ccccc3[C@@H]3CC(c4cc(Cl)ccc4O)=NN23)cc1. The van der Waals surface area contributed by atoms with Crippen molar-refractivity contribution in [3.63, 3.8) is 0 Å². The number of hydrogen-bond donors (Lipinski definition) is 2. The van der Waals surface area contributed by atoms with Crippen molar-refractivity contribution in [1.29, 1.82) is 0 Å². The van der Waals surface area contributed by atoms with Gasteiger partial charge in [-0.1, -0.05) is 29.8 Å². The Bertz CT molecular complexity index is 1080. The maximum atomic E-state index is 10.3. The number of nitrogens with zero attached hydrogens (tertiary/aromatic N) is 2. The van der Waals surface area contributed by atoms with Gasteiger partial charge in [0.2, 0.25) is 6.23 Å². The van der Waals surface area contributed by atoms with Gasteiger partial charge in [-0.2, -0.15) is 5.10 Å². The summed E-state index contributed by atoms with van der Waals surface area (Å²) in [6.45, 7) is 0. The van der Waals surface area contributed by atoms with Gasteiger partial charge in [-0.3, -0.25) is 0 Å². The highest BCUT2D eigenvalue weighted by atomic mass is 35.5. The Morgan fingerprint density at radius 2 is 1.79 bits per heavy atom. The van der Waals surface area contributed by atoms with E-state index in [1.54, 1.807) is 30.3 Å². The Balaban J connectivity index is 1.61.